The lowest BCUT2D eigenvalue weighted by Crippen LogP contribution is -2.14. The third-order valence-electron chi connectivity index (χ3n) is 1.79. The van der Waals surface area contributed by atoms with Crippen LogP contribution < -0.4 is 5.73 Å². The largest absolute Gasteiger partial charge is 0.324 e. The standard InChI is InChI=1S/C9H9ClF3N/c10-7-3-5(11)1-2-6(7)8(14)4-9(12)13/h1-3,8-9H,4,14H2/t8-/m1/s1. The highest BCUT2D eigenvalue weighted by atomic mass is 35.5. The maximum atomic E-state index is 12.6. The highest BCUT2D eigenvalue weighted by Crippen LogP contribution is 2.26. The normalized spacial score (nSPS) is 13.3. The van der Waals surface area contributed by atoms with Crippen molar-refractivity contribution in [3.63, 3.8) is 0 Å². The quantitative estimate of drug-likeness (QED) is 0.837. The summed E-state index contributed by atoms with van der Waals surface area (Å²) in [5.41, 5.74) is 5.80. The van der Waals surface area contributed by atoms with E-state index in [1.165, 1.54) is 6.07 Å². The molecule has 1 aromatic rings. The van der Waals surface area contributed by atoms with Crippen LogP contribution >= 0.6 is 11.6 Å². The van der Waals surface area contributed by atoms with Gasteiger partial charge in [-0.05, 0) is 17.7 Å². The lowest BCUT2D eigenvalue weighted by Gasteiger charge is -2.12. The smallest absolute Gasteiger partial charge is 0.240 e. The van der Waals surface area contributed by atoms with Crippen LogP contribution in [0, 0.1) is 5.82 Å². The molecular weight excluding hydrogens is 215 g/mol. The van der Waals surface area contributed by atoms with Gasteiger partial charge in [-0.15, -0.1) is 0 Å². The molecule has 0 aliphatic carbocycles. The van der Waals surface area contributed by atoms with Crippen LogP contribution in [0.2, 0.25) is 5.02 Å². The average Bonchev–Trinajstić information content (AvgIpc) is 2.01. The zero-order valence-electron chi connectivity index (χ0n) is 7.18. The monoisotopic (exact) mass is 223 g/mol. The molecule has 0 bridgehead atoms. The van der Waals surface area contributed by atoms with Crippen molar-refractivity contribution in [2.24, 2.45) is 5.73 Å². The van der Waals surface area contributed by atoms with Crippen LogP contribution in [0.3, 0.4) is 0 Å². The van der Waals surface area contributed by atoms with Gasteiger partial charge >= 0.3 is 0 Å². The first-order valence-corrected chi connectivity index (χ1v) is 4.37. The van der Waals surface area contributed by atoms with Gasteiger partial charge in [0.1, 0.15) is 5.82 Å². The van der Waals surface area contributed by atoms with Gasteiger partial charge in [-0.25, -0.2) is 13.2 Å². The molecule has 2 N–H and O–H groups in total. The molecule has 0 aliphatic heterocycles. The predicted molar refractivity (Wildman–Crippen MR) is 49.0 cm³/mol. The maximum absolute atomic E-state index is 12.6. The zero-order valence-corrected chi connectivity index (χ0v) is 7.94. The molecule has 1 nitrogen and oxygen atoms in total. The Balaban J connectivity index is 2.84. The third-order valence-corrected chi connectivity index (χ3v) is 2.12. The summed E-state index contributed by atoms with van der Waals surface area (Å²) in [6.07, 6.45) is -2.98. The fraction of sp³-hybridized carbons (Fsp3) is 0.333. The molecule has 0 aromatic heterocycles. The van der Waals surface area contributed by atoms with Crippen molar-refractivity contribution in [2.45, 2.75) is 18.9 Å². The van der Waals surface area contributed by atoms with Crippen LogP contribution in [0.4, 0.5) is 13.2 Å². The van der Waals surface area contributed by atoms with Crippen LogP contribution in [-0.4, -0.2) is 6.43 Å². The number of hydrogen-bond donors (Lipinski definition) is 1. The summed E-state index contributed by atoms with van der Waals surface area (Å²) in [4.78, 5) is 0. The van der Waals surface area contributed by atoms with Gasteiger partial charge in [-0.3, -0.25) is 0 Å². The number of hydrogen-bond acceptors (Lipinski definition) is 1. The van der Waals surface area contributed by atoms with Gasteiger partial charge in [-0.2, -0.15) is 0 Å². The van der Waals surface area contributed by atoms with Crippen molar-refractivity contribution < 1.29 is 13.2 Å². The lowest BCUT2D eigenvalue weighted by molar-refractivity contribution is 0.128. The van der Waals surface area contributed by atoms with Gasteiger partial charge in [0.15, 0.2) is 0 Å². The summed E-state index contributed by atoms with van der Waals surface area (Å²) >= 11 is 5.64. The molecular formula is C9H9ClF3N. The Morgan fingerprint density at radius 2 is 2.00 bits per heavy atom. The average molecular weight is 224 g/mol. The Bertz CT molecular complexity index is 317. The van der Waals surface area contributed by atoms with Gasteiger partial charge in [0, 0.05) is 17.5 Å². The molecule has 0 spiro atoms. The Labute approximate surface area is 84.7 Å². The van der Waals surface area contributed by atoms with E-state index in [9.17, 15) is 13.2 Å². The fourth-order valence-corrected chi connectivity index (χ4v) is 1.43. The summed E-state index contributed by atoms with van der Waals surface area (Å²) in [5, 5.41) is 0.0816. The minimum absolute atomic E-state index is 0.0816. The van der Waals surface area contributed by atoms with Crippen LogP contribution in [0.5, 0.6) is 0 Å². The topological polar surface area (TPSA) is 26.0 Å². The summed E-state index contributed by atoms with van der Waals surface area (Å²) in [6.45, 7) is 0. The second-order valence-electron chi connectivity index (χ2n) is 2.90. The van der Waals surface area contributed by atoms with Crippen molar-refractivity contribution >= 4 is 11.6 Å². The molecule has 0 heterocycles. The van der Waals surface area contributed by atoms with Gasteiger partial charge < -0.3 is 5.73 Å². The third kappa shape index (κ3) is 2.89. The summed E-state index contributed by atoms with van der Waals surface area (Å²) in [6, 6.07) is 2.67. The van der Waals surface area contributed by atoms with Crippen LogP contribution in [0.15, 0.2) is 18.2 Å². The van der Waals surface area contributed by atoms with Crippen molar-refractivity contribution in [1.29, 1.82) is 0 Å². The van der Waals surface area contributed by atoms with E-state index in [4.69, 9.17) is 17.3 Å². The van der Waals surface area contributed by atoms with E-state index >= 15 is 0 Å². The highest BCUT2D eigenvalue weighted by molar-refractivity contribution is 6.31. The highest BCUT2D eigenvalue weighted by Gasteiger charge is 2.15. The van der Waals surface area contributed by atoms with E-state index in [-0.39, 0.29) is 5.02 Å². The lowest BCUT2D eigenvalue weighted by atomic mass is 10.1. The maximum Gasteiger partial charge on any atom is 0.240 e. The molecule has 0 saturated carbocycles. The molecule has 1 aromatic carbocycles. The molecule has 78 valence electrons. The summed E-state index contributed by atoms with van der Waals surface area (Å²) in [5.74, 6) is -0.511. The molecule has 0 unspecified atom stereocenters. The molecule has 0 saturated heterocycles. The van der Waals surface area contributed by atoms with Crippen molar-refractivity contribution in [3.05, 3.63) is 34.6 Å². The number of rotatable bonds is 3. The minimum Gasteiger partial charge on any atom is -0.324 e. The molecule has 1 atom stereocenters. The zero-order chi connectivity index (χ0) is 10.7. The van der Waals surface area contributed by atoms with Crippen molar-refractivity contribution in [3.8, 4) is 0 Å². The number of halogens is 4. The Morgan fingerprint density at radius 1 is 1.36 bits per heavy atom. The Morgan fingerprint density at radius 3 is 2.50 bits per heavy atom. The van der Waals surface area contributed by atoms with E-state index in [1.54, 1.807) is 0 Å². The van der Waals surface area contributed by atoms with Crippen LogP contribution in [0.1, 0.15) is 18.0 Å². The molecule has 0 amide bonds. The summed E-state index contributed by atoms with van der Waals surface area (Å²) in [7, 11) is 0. The van der Waals surface area contributed by atoms with Gasteiger partial charge in [0.05, 0.1) is 0 Å². The first-order chi connectivity index (χ1) is 6.50. The summed E-state index contributed by atoms with van der Waals surface area (Å²) < 4.78 is 36.6. The molecule has 5 heteroatoms. The Kier molecular flexibility index (Phi) is 3.77. The molecule has 0 aliphatic rings. The second kappa shape index (κ2) is 4.66. The van der Waals surface area contributed by atoms with Gasteiger partial charge in [0.2, 0.25) is 6.43 Å². The van der Waals surface area contributed by atoms with E-state index in [0.29, 0.717) is 5.56 Å². The molecule has 0 fully saturated rings. The van der Waals surface area contributed by atoms with Crippen LogP contribution in [0.25, 0.3) is 0 Å². The number of nitrogens with two attached hydrogens (primary N) is 1. The minimum atomic E-state index is -2.49. The van der Waals surface area contributed by atoms with E-state index < -0.39 is 24.7 Å². The van der Waals surface area contributed by atoms with Crippen LogP contribution in [-0.2, 0) is 0 Å². The fourth-order valence-electron chi connectivity index (χ4n) is 1.12. The SMILES string of the molecule is N[C@H](CC(F)F)c1ccc(F)cc1Cl. The first kappa shape index (κ1) is 11.3. The molecule has 14 heavy (non-hydrogen) atoms. The van der Waals surface area contributed by atoms with Gasteiger partial charge in [0.25, 0.3) is 0 Å². The van der Waals surface area contributed by atoms with Crippen molar-refractivity contribution in [2.75, 3.05) is 0 Å². The second-order valence-corrected chi connectivity index (χ2v) is 3.31. The van der Waals surface area contributed by atoms with Gasteiger partial charge in [-0.1, -0.05) is 17.7 Å². The first-order valence-electron chi connectivity index (χ1n) is 3.99. The number of alkyl halides is 2. The molecule has 0 radical (unpaired) electrons. The predicted octanol–water partition coefficient (Wildman–Crippen LogP) is 3.13. The van der Waals surface area contributed by atoms with E-state index in [2.05, 4.69) is 0 Å². The van der Waals surface area contributed by atoms with E-state index in [1.807, 2.05) is 0 Å². The van der Waals surface area contributed by atoms with Crippen molar-refractivity contribution in [1.82, 2.24) is 0 Å². The van der Waals surface area contributed by atoms with E-state index in [0.717, 1.165) is 12.1 Å². The molecule has 1 rings (SSSR count). The Hall–Kier alpha value is -0.740. The number of benzene rings is 1.